The molecule has 4 heteroatoms. The molecule has 0 bridgehead atoms. The highest BCUT2D eigenvalue weighted by Gasteiger charge is 2.19. The monoisotopic (exact) mass is 428 g/mol. The fraction of sp³-hybridized carbons (Fsp3) is 0.259. The van der Waals surface area contributed by atoms with Crippen LogP contribution in [0.2, 0.25) is 0 Å². The molecule has 2 heterocycles. The molecule has 31 heavy (non-hydrogen) atoms. The third-order valence-electron chi connectivity index (χ3n) is 6.16. The lowest BCUT2D eigenvalue weighted by Crippen LogP contribution is -2.18. The van der Waals surface area contributed by atoms with Crippen molar-refractivity contribution in [3.05, 3.63) is 83.9 Å². The first-order chi connectivity index (χ1) is 15.2. The van der Waals surface area contributed by atoms with Gasteiger partial charge < -0.3 is 9.88 Å². The fourth-order valence-electron chi connectivity index (χ4n) is 4.47. The van der Waals surface area contributed by atoms with Gasteiger partial charge >= 0.3 is 0 Å². The van der Waals surface area contributed by atoms with Crippen molar-refractivity contribution in [2.24, 2.45) is 0 Å². The first-order valence-electron chi connectivity index (χ1n) is 11.1. The zero-order valence-electron chi connectivity index (χ0n) is 17.9. The van der Waals surface area contributed by atoms with Crippen LogP contribution in [0.4, 0.5) is 5.69 Å². The molecule has 1 fully saturated rings. The second-order valence-corrected chi connectivity index (χ2v) is 10.0. The molecule has 1 N–H and O–H groups in total. The molecule has 0 amide bonds. The number of benzene rings is 3. The number of nitrogens with zero attached hydrogens (tertiary/aromatic N) is 1. The number of aromatic nitrogens is 1. The van der Waals surface area contributed by atoms with Crippen LogP contribution < -0.4 is 4.90 Å². The van der Waals surface area contributed by atoms with Gasteiger partial charge in [0.1, 0.15) is 0 Å². The summed E-state index contributed by atoms with van der Waals surface area (Å²) in [6.07, 6.45) is 3.29. The lowest BCUT2D eigenvalue weighted by Gasteiger charge is -2.22. The van der Waals surface area contributed by atoms with E-state index in [1.807, 2.05) is 18.2 Å². The summed E-state index contributed by atoms with van der Waals surface area (Å²) in [5.74, 6) is 0.637. The highest BCUT2D eigenvalue weighted by molar-refractivity contribution is 7.85. The number of hydrogen-bond acceptors (Lipinski definition) is 2. The number of nitrogens with one attached hydrogen (secondary N) is 1. The van der Waals surface area contributed by atoms with Gasteiger partial charge in [0, 0.05) is 51.6 Å². The Kier molecular flexibility index (Phi) is 5.65. The summed E-state index contributed by atoms with van der Waals surface area (Å²) in [5, 5.41) is 1.21. The largest absolute Gasteiger partial charge is 0.371 e. The van der Waals surface area contributed by atoms with Gasteiger partial charge in [0.15, 0.2) is 0 Å². The Morgan fingerprint density at radius 2 is 1.74 bits per heavy atom. The number of rotatable bonds is 6. The van der Waals surface area contributed by atoms with Crippen molar-refractivity contribution < 1.29 is 4.21 Å². The standard InChI is InChI=1S/C27H28N2OS/c1-20-9-10-22-18-26(28-25(22)17-20)24-19-23(11-12-27(24)29-14-5-6-15-29)31(30)16-13-21-7-3-2-4-8-21/h2-4,7-12,17-19,28H,5-6,13-16H2,1H3. The molecule has 1 atom stereocenters. The highest BCUT2D eigenvalue weighted by Crippen LogP contribution is 2.36. The number of H-pyrrole nitrogens is 1. The maximum absolute atomic E-state index is 13.1. The summed E-state index contributed by atoms with van der Waals surface area (Å²) in [6, 6.07) is 25.4. The number of hydrogen-bond donors (Lipinski definition) is 1. The zero-order chi connectivity index (χ0) is 21.2. The average molecular weight is 429 g/mol. The van der Waals surface area contributed by atoms with E-state index in [9.17, 15) is 4.21 Å². The third-order valence-corrected chi connectivity index (χ3v) is 7.52. The Morgan fingerprint density at radius 1 is 0.935 bits per heavy atom. The number of aromatic amines is 1. The van der Waals surface area contributed by atoms with Gasteiger partial charge in [-0.15, -0.1) is 0 Å². The number of fused-ring (bicyclic) bond motifs is 1. The summed E-state index contributed by atoms with van der Waals surface area (Å²) < 4.78 is 13.1. The van der Waals surface area contributed by atoms with E-state index < -0.39 is 10.8 Å². The Hall–Kier alpha value is -2.85. The van der Waals surface area contributed by atoms with Crippen LogP contribution in [0.15, 0.2) is 77.7 Å². The van der Waals surface area contributed by atoms with Crippen LogP contribution in [0.1, 0.15) is 24.0 Å². The van der Waals surface area contributed by atoms with E-state index in [1.54, 1.807) is 0 Å². The second kappa shape index (κ2) is 8.72. The van der Waals surface area contributed by atoms with Crippen molar-refractivity contribution in [3.8, 4) is 11.3 Å². The molecule has 3 nitrogen and oxygen atoms in total. The third kappa shape index (κ3) is 4.31. The van der Waals surface area contributed by atoms with Gasteiger partial charge in [-0.3, -0.25) is 4.21 Å². The van der Waals surface area contributed by atoms with Crippen molar-refractivity contribution in [1.29, 1.82) is 0 Å². The molecular formula is C27H28N2OS. The molecule has 4 aromatic rings. The van der Waals surface area contributed by atoms with Crippen molar-refractivity contribution in [2.45, 2.75) is 31.1 Å². The topological polar surface area (TPSA) is 36.1 Å². The van der Waals surface area contributed by atoms with Gasteiger partial charge in [-0.2, -0.15) is 0 Å². The quantitative estimate of drug-likeness (QED) is 0.403. The van der Waals surface area contributed by atoms with Gasteiger partial charge in [-0.25, -0.2) is 0 Å². The molecule has 1 saturated heterocycles. The average Bonchev–Trinajstić information content (AvgIpc) is 3.47. The molecule has 0 radical (unpaired) electrons. The molecule has 1 unspecified atom stereocenters. The van der Waals surface area contributed by atoms with E-state index in [0.717, 1.165) is 41.2 Å². The van der Waals surface area contributed by atoms with Crippen molar-refractivity contribution >= 4 is 27.4 Å². The van der Waals surface area contributed by atoms with Gasteiger partial charge in [-0.1, -0.05) is 42.5 Å². The SMILES string of the molecule is Cc1ccc2cc(-c3cc(S(=O)CCc4ccccc4)ccc3N3CCCC3)[nH]c2c1. The van der Waals surface area contributed by atoms with E-state index in [1.165, 1.54) is 35.0 Å². The smallest absolute Gasteiger partial charge is 0.0533 e. The number of anilines is 1. The molecule has 3 aromatic carbocycles. The normalized spacial score (nSPS) is 14.9. The van der Waals surface area contributed by atoms with Crippen LogP contribution in [0.25, 0.3) is 22.2 Å². The van der Waals surface area contributed by atoms with E-state index in [2.05, 4.69) is 71.4 Å². The number of aryl methyl sites for hydroxylation is 2. The summed E-state index contributed by atoms with van der Waals surface area (Å²) in [7, 11) is -1.03. The molecule has 0 saturated carbocycles. The van der Waals surface area contributed by atoms with Gasteiger partial charge in [0.25, 0.3) is 0 Å². The van der Waals surface area contributed by atoms with Crippen LogP contribution in [0.3, 0.4) is 0 Å². The van der Waals surface area contributed by atoms with Crippen molar-refractivity contribution in [2.75, 3.05) is 23.7 Å². The van der Waals surface area contributed by atoms with Crippen LogP contribution in [-0.4, -0.2) is 28.0 Å². The van der Waals surface area contributed by atoms with Crippen molar-refractivity contribution in [1.82, 2.24) is 4.98 Å². The first-order valence-corrected chi connectivity index (χ1v) is 12.4. The maximum Gasteiger partial charge on any atom is 0.0533 e. The molecule has 1 aromatic heterocycles. The van der Waals surface area contributed by atoms with Gasteiger partial charge in [0.2, 0.25) is 0 Å². The van der Waals surface area contributed by atoms with E-state index >= 15 is 0 Å². The summed E-state index contributed by atoms with van der Waals surface area (Å²) in [4.78, 5) is 6.98. The van der Waals surface area contributed by atoms with Gasteiger partial charge in [0.05, 0.1) is 10.8 Å². The van der Waals surface area contributed by atoms with Crippen LogP contribution in [0.5, 0.6) is 0 Å². The molecule has 0 spiro atoms. The van der Waals surface area contributed by atoms with Crippen molar-refractivity contribution in [3.63, 3.8) is 0 Å². The fourth-order valence-corrected chi connectivity index (χ4v) is 5.59. The summed E-state index contributed by atoms with van der Waals surface area (Å²) in [5.41, 5.74) is 7.13. The summed E-state index contributed by atoms with van der Waals surface area (Å²) in [6.45, 7) is 4.29. The molecular weight excluding hydrogens is 400 g/mol. The second-order valence-electron chi connectivity index (χ2n) is 8.43. The zero-order valence-corrected chi connectivity index (χ0v) is 18.8. The van der Waals surface area contributed by atoms with E-state index in [-0.39, 0.29) is 0 Å². The van der Waals surface area contributed by atoms with Gasteiger partial charge in [-0.05, 0) is 67.6 Å². The Bertz CT molecular complexity index is 1220. The molecule has 1 aliphatic rings. The maximum atomic E-state index is 13.1. The highest BCUT2D eigenvalue weighted by atomic mass is 32.2. The lowest BCUT2D eigenvalue weighted by atomic mass is 10.1. The molecule has 1 aliphatic heterocycles. The van der Waals surface area contributed by atoms with E-state index in [0.29, 0.717) is 5.75 Å². The lowest BCUT2D eigenvalue weighted by molar-refractivity contribution is 0.682. The summed E-state index contributed by atoms with van der Waals surface area (Å²) >= 11 is 0. The minimum Gasteiger partial charge on any atom is -0.371 e. The minimum atomic E-state index is -1.03. The van der Waals surface area contributed by atoms with Crippen LogP contribution in [0, 0.1) is 6.92 Å². The predicted octanol–water partition coefficient (Wildman–Crippen LogP) is 6.09. The Morgan fingerprint density at radius 3 is 2.55 bits per heavy atom. The Balaban J connectivity index is 1.49. The Labute approximate surface area is 186 Å². The van der Waals surface area contributed by atoms with Crippen LogP contribution >= 0.6 is 0 Å². The van der Waals surface area contributed by atoms with E-state index in [4.69, 9.17) is 0 Å². The molecule has 0 aliphatic carbocycles. The minimum absolute atomic E-state index is 0.637. The first kappa shape index (κ1) is 20.1. The molecule has 5 rings (SSSR count). The predicted molar refractivity (Wildman–Crippen MR) is 131 cm³/mol. The van der Waals surface area contributed by atoms with Crippen LogP contribution in [-0.2, 0) is 17.2 Å². The molecule has 158 valence electrons.